The largest absolute Gasteiger partial charge is 0.343 e. The summed E-state index contributed by atoms with van der Waals surface area (Å²) in [6.45, 7) is 22.2. The quantitative estimate of drug-likeness (QED) is 0.0906. The van der Waals surface area contributed by atoms with Crippen molar-refractivity contribution in [1.82, 2.24) is 63.0 Å². The highest BCUT2D eigenvalue weighted by atomic mass is 16.2. The fraction of sp³-hybridized carbons (Fsp3) is 0.667. The number of carbonyl (C=O) groups excluding carboxylic acids is 12. The van der Waals surface area contributed by atoms with Crippen molar-refractivity contribution in [2.75, 3.05) is 26.2 Å². The van der Waals surface area contributed by atoms with Gasteiger partial charge in [0.1, 0.15) is 72.5 Å². The van der Waals surface area contributed by atoms with Crippen molar-refractivity contribution in [2.24, 2.45) is 47.0 Å². The molecular formula is C72H114N14O12. The van der Waals surface area contributed by atoms with Crippen LogP contribution in [0.15, 0.2) is 60.7 Å². The Labute approximate surface area is 579 Å². The molecule has 0 aromatic heterocycles. The predicted molar refractivity (Wildman–Crippen MR) is 373 cm³/mol. The maximum absolute atomic E-state index is 15.1. The van der Waals surface area contributed by atoms with Gasteiger partial charge in [-0.25, -0.2) is 0 Å². The molecule has 26 nitrogen and oxygen atoms in total. The van der Waals surface area contributed by atoms with E-state index in [9.17, 15) is 47.9 Å². The van der Waals surface area contributed by atoms with E-state index in [4.69, 9.17) is 11.5 Å². The fourth-order valence-electron chi connectivity index (χ4n) is 12.8. The molecule has 0 aliphatic carbocycles. The van der Waals surface area contributed by atoms with Crippen molar-refractivity contribution in [1.29, 1.82) is 0 Å². The number of hydrogen-bond donors (Lipinski definition) is 12. The summed E-state index contributed by atoms with van der Waals surface area (Å²) in [4.78, 5) is 180. The number of benzene rings is 2. The molecule has 3 aliphatic heterocycles. The standard InChI is InChI=1S/C72H114N14O12/c1-41(2)35-51-63(89)81-55(39-47-23-15-13-16-24-47)71(97)85-33-21-29-57(85)67(93)79-54(38-44(7)8)66(92)84-60(46(11)12)70(96)76-50(28-20-32-74)62(88)78-52(36-42(3)4)64(90)82-56(40-48-25-17-14-18-26-48)72(98)86-34-22-30-58(86)68(94)80-53(37-43(5)6)65(91)83-59(45(9)10)69(95)75-49(27-19-31-73)61(87)77-51/h13-18,23-26,41-46,49-60H,19-22,27-40,73-74H2,1-12H3,(H,75,95)(H,76,96)(H,77,87)(H,78,88)(H,79,93)(H,80,94)(H,81,89)(H,82,90)(H,83,91)(H,84,92)/t49-,50-,51-,52-,53+,54+,55+,56+,57-,58-,59-,60-/m0/s1. The molecule has 2 aromatic rings. The van der Waals surface area contributed by atoms with Gasteiger partial charge in [-0.2, -0.15) is 0 Å². The molecule has 544 valence electrons. The average Bonchev–Trinajstić information content (AvgIpc) is 1.51. The molecular weight excluding hydrogens is 1250 g/mol. The summed E-state index contributed by atoms with van der Waals surface area (Å²) >= 11 is 0. The zero-order chi connectivity index (χ0) is 72.5. The number of amides is 12. The number of nitrogens with zero attached hydrogens (tertiary/aromatic N) is 2. The summed E-state index contributed by atoms with van der Waals surface area (Å²) in [6.07, 6.45) is 2.27. The second-order valence-corrected chi connectivity index (χ2v) is 29.1. The molecule has 5 rings (SSSR count). The maximum Gasteiger partial charge on any atom is 0.246 e. The van der Waals surface area contributed by atoms with E-state index in [1.807, 2.05) is 55.4 Å². The van der Waals surface area contributed by atoms with Gasteiger partial charge in [0.05, 0.1) is 0 Å². The van der Waals surface area contributed by atoms with E-state index in [1.165, 1.54) is 9.80 Å². The Bertz CT molecular complexity index is 2810. The van der Waals surface area contributed by atoms with Crippen LogP contribution in [-0.2, 0) is 70.4 Å². The highest BCUT2D eigenvalue weighted by molar-refractivity contribution is 6.00. The van der Waals surface area contributed by atoms with Gasteiger partial charge >= 0.3 is 0 Å². The lowest BCUT2D eigenvalue weighted by Crippen LogP contribution is -2.62. The minimum absolute atomic E-state index is 0.00819. The summed E-state index contributed by atoms with van der Waals surface area (Å²) in [5.41, 5.74) is 13.3. The van der Waals surface area contributed by atoms with Gasteiger partial charge in [-0.1, -0.05) is 144 Å². The van der Waals surface area contributed by atoms with Gasteiger partial charge in [0.2, 0.25) is 70.9 Å². The summed E-state index contributed by atoms with van der Waals surface area (Å²) in [5, 5.41) is 28.6. The van der Waals surface area contributed by atoms with Crippen LogP contribution in [0.3, 0.4) is 0 Å². The van der Waals surface area contributed by atoms with Gasteiger partial charge in [0.25, 0.3) is 0 Å². The first-order valence-corrected chi connectivity index (χ1v) is 35.6. The van der Waals surface area contributed by atoms with E-state index in [0.717, 1.165) is 0 Å². The normalized spacial score (nSPS) is 26.4. The Balaban J connectivity index is 1.61. The Kier molecular flexibility index (Phi) is 32.6. The molecule has 12 amide bonds. The highest BCUT2D eigenvalue weighted by Gasteiger charge is 2.44. The zero-order valence-corrected chi connectivity index (χ0v) is 59.8. The molecule has 14 N–H and O–H groups in total. The molecule has 26 heteroatoms. The monoisotopic (exact) mass is 1370 g/mol. The minimum atomic E-state index is -1.27. The van der Waals surface area contributed by atoms with Crippen LogP contribution in [0.25, 0.3) is 0 Å². The van der Waals surface area contributed by atoms with Crippen LogP contribution in [-0.4, -0.2) is 179 Å². The predicted octanol–water partition coefficient (Wildman–Crippen LogP) is 2.29. The minimum Gasteiger partial charge on any atom is -0.343 e. The van der Waals surface area contributed by atoms with Crippen LogP contribution in [0, 0.1) is 35.5 Å². The molecule has 2 aromatic carbocycles. The Morgan fingerprint density at radius 3 is 0.898 bits per heavy atom. The smallest absolute Gasteiger partial charge is 0.246 e. The van der Waals surface area contributed by atoms with Crippen LogP contribution in [0.1, 0.15) is 171 Å². The van der Waals surface area contributed by atoms with Crippen molar-refractivity contribution < 1.29 is 57.5 Å². The number of nitrogens with two attached hydrogens (primary N) is 2. The Hall–Kier alpha value is -8.00. The van der Waals surface area contributed by atoms with Crippen molar-refractivity contribution >= 4 is 70.9 Å². The van der Waals surface area contributed by atoms with Crippen LogP contribution >= 0.6 is 0 Å². The van der Waals surface area contributed by atoms with Crippen LogP contribution in [0.5, 0.6) is 0 Å². The number of carbonyl (C=O) groups is 12. The van der Waals surface area contributed by atoms with Crippen molar-refractivity contribution in [3.05, 3.63) is 71.8 Å². The molecule has 12 atom stereocenters. The van der Waals surface area contributed by atoms with Crippen LogP contribution in [0.2, 0.25) is 0 Å². The summed E-state index contributed by atoms with van der Waals surface area (Å²) < 4.78 is 0. The average molecular weight is 1370 g/mol. The molecule has 0 unspecified atom stereocenters. The van der Waals surface area contributed by atoms with E-state index in [0.29, 0.717) is 24.0 Å². The molecule has 0 saturated carbocycles. The lowest BCUT2D eigenvalue weighted by molar-refractivity contribution is -0.143. The Morgan fingerprint density at radius 1 is 0.347 bits per heavy atom. The van der Waals surface area contributed by atoms with Gasteiger partial charge in [0.15, 0.2) is 0 Å². The van der Waals surface area contributed by atoms with Crippen molar-refractivity contribution in [2.45, 2.75) is 245 Å². The molecule has 3 heterocycles. The van der Waals surface area contributed by atoms with E-state index < -0.39 is 155 Å². The number of hydrogen-bond acceptors (Lipinski definition) is 14. The molecule has 0 spiro atoms. The summed E-state index contributed by atoms with van der Waals surface area (Å²) in [6, 6.07) is 3.25. The fourth-order valence-corrected chi connectivity index (χ4v) is 12.8. The zero-order valence-electron chi connectivity index (χ0n) is 59.8. The first-order valence-electron chi connectivity index (χ1n) is 35.6. The number of fused-ring (bicyclic) bond motifs is 2. The van der Waals surface area contributed by atoms with Gasteiger partial charge in [-0.05, 0) is 137 Å². The third-order valence-corrected chi connectivity index (χ3v) is 18.0. The topological polar surface area (TPSA) is 384 Å². The molecule has 3 saturated heterocycles. The highest BCUT2D eigenvalue weighted by Crippen LogP contribution is 2.24. The summed E-state index contributed by atoms with van der Waals surface area (Å²) in [5.74, 6) is -10.00. The lowest BCUT2D eigenvalue weighted by atomic mass is 9.98. The van der Waals surface area contributed by atoms with E-state index in [2.05, 4.69) is 53.2 Å². The third-order valence-electron chi connectivity index (χ3n) is 18.0. The van der Waals surface area contributed by atoms with E-state index in [1.54, 1.807) is 88.4 Å². The van der Waals surface area contributed by atoms with Crippen molar-refractivity contribution in [3.8, 4) is 0 Å². The molecule has 3 aliphatic rings. The van der Waals surface area contributed by atoms with Gasteiger partial charge in [0, 0.05) is 25.9 Å². The van der Waals surface area contributed by atoms with Crippen molar-refractivity contribution in [3.63, 3.8) is 0 Å². The molecule has 3 fully saturated rings. The third kappa shape index (κ3) is 24.8. The number of rotatable bonds is 20. The first kappa shape index (κ1) is 80.7. The van der Waals surface area contributed by atoms with E-state index >= 15 is 9.59 Å². The molecule has 0 bridgehead atoms. The van der Waals surface area contributed by atoms with Gasteiger partial charge < -0.3 is 74.4 Å². The van der Waals surface area contributed by atoms with E-state index in [-0.39, 0.29) is 127 Å². The first-order chi connectivity index (χ1) is 46.4. The van der Waals surface area contributed by atoms with Crippen LogP contribution < -0.4 is 64.6 Å². The molecule has 98 heavy (non-hydrogen) atoms. The SMILES string of the molecule is CC(C)C[C@@H]1NC(=O)[C@H](CCCN)NC(=O)[C@H](C(C)C)NC(=O)[C@@H](CC(C)C)NC(=O)[C@@H]2CCCN2C(=O)[C@@H](Cc2ccccc2)NC(=O)[C@H](CC(C)C)NC(=O)[C@H](CCCN)NC(=O)[C@H](C(C)C)NC(=O)[C@@H](CC(C)C)NC(=O)[C@@H]2CCCN2C(=O)[C@@H](Cc2ccccc2)NC1=O. The molecule has 0 radical (unpaired) electrons. The lowest BCUT2D eigenvalue weighted by Gasteiger charge is -2.32. The summed E-state index contributed by atoms with van der Waals surface area (Å²) in [7, 11) is 0. The second-order valence-electron chi connectivity index (χ2n) is 29.1. The maximum atomic E-state index is 15.1. The number of nitrogens with one attached hydrogen (secondary N) is 10. The van der Waals surface area contributed by atoms with Crippen LogP contribution in [0.4, 0.5) is 0 Å². The van der Waals surface area contributed by atoms with Gasteiger partial charge in [-0.3, -0.25) is 57.5 Å². The second kappa shape index (κ2) is 39.6. The Morgan fingerprint density at radius 2 is 0.612 bits per heavy atom. The van der Waals surface area contributed by atoms with Gasteiger partial charge in [-0.15, -0.1) is 0 Å².